The Labute approximate surface area is 208 Å². The maximum Gasteiger partial charge on any atom is 0.322 e. The first-order valence-electron chi connectivity index (χ1n) is 11.1. The zero-order chi connectivity index (χ0) is 24.4. The molecule has 0 aliphatic carbocycles. The van der Waals surface area contributed by atoms with Crippen LogP contribution in [0.15, 0.2) is 89.1 Å². The lowest BCUT2D eigenvalue weighted by Gasteiger charge is -2.35. The monoisotopic (exact) mass is 486 g/mol. The first-order chi connectivity index (χ1) is 17.0. The second-order valence-corrected chi connectivity index (χ2v) is 8.60. The largest absolute Gasteiger partial charge is 0.497 e. The fraction of sp³-hybridized carbons (Fsp3) is 0.148. The van der Waals surface area contributed by atoms with Crippen LogP contribution in [-0.4, -0.2) is 28.2 Å². The molecule has 35 heavy (non-hydrogen) atoms. The second-order valence-electron chi connectivity index (χ2n) is 8.16. The Kier molecular flexibility index (Phi) is 6.25. The van der Waals surface area contributed by atoms with Crippen molar-refractivity contribution in [2.75, 3.05) is 7.11 Å². The molecule has 0 radical (unpaired) electrons. The molecule has 7 nitrogen and oxygen atoms in total. The molecule has 1 atom stereocenters. The van der Waals surface area contributed by atoms with Crippen LogP contribution < -0.4 is 10.1 Å². The Hall–Kier alpha value is -4.10. The standard InChI is InChI=1S/C27H23ClN4O3/c1-17-23(26-30-25(31-35-26)20-8-4-3-5-9-20)24(19-11-13-22(34-2)14-12-19)29-27(33)32(17)16-18-7-6-10-21(28)15-18/h3-15,24H,16H2,1-2H3,(H,29,33). The lowest BCUT2D eigenvalue weighted by atomic mass is 9.94. The van der Waals surface area contributed by atoms with Crippen LogP contribution in [0, 0.1) is 0 Å². The molecule has 5 rings (SSSR count). The maximum absolute atomic E-state index is 13.3. The average Bonchev–Trinajstić information content (AvgIpc) is 3.37. The van der Waals surface area contributed by atoms with E-state index in [4.69, 9.17) is 20.9 Å². The van der Waals surface area contributed by atoms with Crippen molar-refractivity contribution in [1.82, 2.24) is 20.4 Å². The van der Waals surface area contributed by atoms with Crippen molar-refractivity contribution in [2.45, 2.75) is 19.5 Å². The highest BCUT2D eigenvalue weighted by molar-refractivity contribution is 6.30. The van der Waals surface area contributed by atoms with Gasteiger partial charge in [-0.3, -0.25) is 4.90 Å². The van der Waals surface area contributed by atoms with E-state index in [0.717, 1.165) is 33.7 Å². The van der Waals surface area contributed by atoms with Crippen molar-refractivity contribution in [3.63, 3.8) is 0 Å². The molecule has 0 saturated heterocycles. The molecule has 2 heterocycles. The number of hydrogen-bond acceptors (Lipinski definition) is 5. The minimum atomic E-state index is -0.479. The quantitative estimate of drug-likeness (QED) is 0.356. The summed E-state index contributed by atoms with van der Waals surface area (Å²) in [4.78, 5) is 19.6. The number of rotatable bonds is 6. The number of methoxy groups -OCH3 is 1. The Morgan fingerprint density at radius 1 is 1.06 bits per heavy atom. The van der Waals surface area contributed by atoms with Crippen molar-refractivity contribution in [3.8, 4) is 17.1 Å². The number of aromatic nitrogens is 2. The van der Waals surface area contributed by atoms with Gasteiger partial charge < -0.3 is 14.6 Å². The lowest BCUT2D eigenvalue weighted by Crippen LogP contribution is -2.45. The van der Waals surface area contributed by atoms with Crippen LogP contribution in [0.5, 0.6) is 5.75 Å². The topological polar surface area (TPSA) is 80.5 Å². The van der Waals surface area contributed by atoms with Crippen LogP contribution in [0.1, 0.15) is 30.0 Å². The van der Waals surface area contributed by atoms with Crippen LogP contribution in [0.2, 0.25) is 5.02 Å². The number of allylic oxidation sites excluding steroid dienone is 1. The Morgan fingerprint density at radius 2 is 1.83 bits per heavy atom. The Bertz CT molecular complexity index is 1380. The van der Waals surface area contributed by atoms with E-state index in [1.807, 2.05) is 79.7 Å². The number of nitrogens with one attached hydrogen (secondary N) is 1. The smallest absolute Gasteiger partial charge is 0.322 e. The first-order valence-corrected chi connectivity index (χ1v) is 11.5. The van der Waals surface area contributed by atoms with Crippen LogP contribution in [0.25, 0.3) is 17.0 Å². The minimum Gasteiger partial charge on any atom is -0.497 e. The van der Waals surface area contributed by atoms with E-state index >= 15 is 0 Å². The second kappa shape index (κ2) is 9.64. The van der Waals surface area contributed by atoms with E-state index in [-0.39, 0.29) is 6.03 Å². The van der Waals surface area contributed by atoms with Crippen molar-refractivity contribution in [2.24, 2.45) is 0 Å². The molecule has 2 amide bonds. The summed E-state index contributed by atoms with van der Waals surface area (Å²) in [6.45, 7) is 2.23. The number of ether oxygens (including phenoxy) is 1. The molecule has 0 saturated carbocycles. The molecular weight excluding hydrogens is 464 g/mol. The van der Waals surface area contributed by atoms with E-state index in [2.05, 4.69) is 15.5 Å². The van der Waals surface area contributed by atoms with Gasteiger partial charge >= 0.3 is 6.03 Å². The normalized spacial score (nSPS) is 15.8. The fourth-order valence-electron chi connectivity index (χ4n) is 4.15. The van der Waals surface area contributed by atoms with Gasteiger partial charge in [0.2, 0.25) is 5.82 Å². The van der Waals surface area contributed by atoms with Gasteiger partial charge in [0, 0.05) is 16.3 Å². The van der Waals surface area contributed by atoms with E-state index in [0.29, 0.717) is 23.3 Å². The van der Waals surface area contributed by atoms with E-state index < -0.39 is 6.04 Å². The number of amides is 2. The van der Waals surface area contributed by atoms with Gasteiger partial charge in [0.15, 0.2) is 0 Å². The molecule has 0 bridgehead atoms. The van der Waals surface area contributed by atoms with Gasteiger partial charge in [-0.15, -0.1) is 0 Å². The molecule has 0 fully saturated rings. The third-order valence-electron chi connectivity index (χ3n) is 5.96. The number of carbonyl (C=O) groups is 1. The van der Waals surface area contributed by atoms with E-state index in [1.165, 1.54) is 0 Å². The van der Waals surface area contributed by atoms with Crippen molar-refractivity contribution in [1.29, 1.82) is 0 Å². The molecule has 1 aliphatic rings. The summed E-state index contributed by atoms with van der Waals surface area (Å²) < 4.78 is 11.0. The molecule has 1 aromatic heterocycles. The summed E-state index contributed by atoms with van der Waals surface area (Å²) in [5.74, 6) is 1.55. The van der Waals surface area contributed by atoms with Crippen LogP contribution in [0.4, 0.5) is 4.79 Å². The number of carbonyl (C=O) groups excluding carboxylic acids is 1. The highest BCUT2D eigenvalue weighted by atomic mass is 35.5. The highest BCUT2D eigenvalue weighted by Crippen LogP contribution is 2.38. The van der Waals surface area contributed by atoms with Crippen molar-refractivity contribution < 1.29 is 14.1 Å². The number of benzene rings is 3. The zero-order valence-corrected chi connectivity index (χ0v) is 20.0. The fourth-order valence-corrected chi connectivity index (χ4v) is 4.36. The molecule has 4 aromatic rings. The van der Waals surface area contributed by atoms with E-state index in [1.54, 1.807) is 18.1 Å². The predicted octanol–water partition coefficient (Wildman–Crippen LogP) is 6.10. The van der Waals surface area contributed by atoms with Gasteiger partial charge in [0.1, 0.15) is 5.75 Å². The third kappa shape index (κ3) is 4.63. The highest BCUT2D eigenvalue weighted by Gasteiger charge is 2.35. The summed E-state index contributed by atoms with van der Waals surface area (Å²) >= 11 is 6.17. The maximum atomic E-state index is 13.3. The summed E-state index contributed by atoms with van der Waals surface area (Å²) in [5.41, 5.74) is 4.07. The van der Waals surface area contributed by atoms with Gasteiger partial charge in [0.05, 0.1) is 25.3 Å². The molecule has 1 unspecified atom stereocenters. The minimum absolute atomic E-state index is 0.227. The van der Waals surface area contributed by atoms with Gasteiger partial charge in [-0.1, -0.05) is 71.4 Å². The third-order valence-corrected chi connectivity index (χ3v) is 6.20. The van der Waals surface area contributed by atoms with Gasteiger partial charge in [-0.05, 0) is 42.3 Å². The summed E-state index contributed by atoms with van der Waals surface area (Å²) in [6.07, 6.45) is 0. The number of urea groups is 1. The Morgan fingerprint density at radius 3 is 2.54 bits per heavy atom. The van der Waals surface area contributed by atoms with Crippen LogP contribution in [-0.2, 0) is 6.54 Å². The SMILES string of the molecule is COc1ccc(C2NC(=O)N(Cc3cccc(Cl)c3)C(C)=C2c2nc(-c3ccccc3)no2)cc1. The summed E-state index contributed by atoms with van der Waals surface area (Å²) in [6, 6.07) is 23.9. The van der Waals surface area contributed by atoms with Gasteiger partial charge in [-0.2, -0.15) is 4.98 Å². The van der Waals surface area contributed by atoms with Gasteiger partial charge in [-0.25, -0.2) is 4.79 Å². The molecule has 3 aromatic carbocycles. The molecule has 0 spiro atoms. The average molecular weight is 487 g/mol. The lowest BCUT2D eigenvalue weighted by molar-refractivity contribution is 0.203. The molecule has 8 heteroatoms. The first kappa shape index (κ1) is 22.7. The molecule has 176 valence electrons. The predicted molar refractivity (Wildman–Crippen MR) is 134 cm³/mol. The molecule has 1 aliphatic heterocycles. The van der Waals surface area contributed by atoms with E-state index in [9.17, 15) is 4.79 Å². The molecule has 1 N–H and O–H groups in total. The summed E-state index contributed by atoms with van der Waals surface area (Å²) in [7, 11) is 1.62. The van der Waals surface area contributed by atoms with Crippen molar-refractivity contribution in [3.05, 3.63) is 107 Å². The van der Waals surface area contributed by atoms with Crippen molar-refractivity contribution >= 4 is 23.2 Å². The summed E-state index contributed by atoms with van der Waals surface area (Å²) in [5, 5.41) is 7.93. The van der Waals surface area contributed by atoms with Gasteiger partial charge in [0.25, 0.3) is 5.89 Å². The number of hydrogen-bond donors (Lipinski definition) is 1. The number of halogens is 1. The zero-order valence-electron chi connectivity index (χ0n) is 19.2. The molecular formula is C27H23ClN4O3. The van der Waals surface area contributed by atoms with Crippen LogP contribution in [0.3, 0.4) is 0 Å². The van der Waals surface area contributed by atoms with Crippen LogP contribution >= 0.6 is 11.6 Å². The Balaban J connectivity index is 1.59. The number of nitrogens with zero attached hydrogens (tertiary/aromatic N) is 3.